The Labute approximate surface area is 353 Å². The molecule has 0 aliphatic rings. The molecule has 0 bridgehead atoms. The second-order valence-electron chi connectivity index (χ2n) is 14.8. The zero-order valence-corrected chi connectivity index (χ0v) is 32.6. The first-order valence-corrected chi connectivity index (χ1v) is 19.7. The number of nitriles is 2. The second kappa shape index (κ2) is 15.3. The smallest absolute Gasteiger partial charge is 0.158 e. The number of hydrogen-bond acceptors (Lipinski definition) is 4. The summed E-state index contributed by atoms with van der Waals surface area (Å²) in [7, 11) is 0. The van der Waals surface area contributed by atoms with E-state index in [4.69, 9.17) is 0 Å². The van der Waals surface area contributed by atoms with Crippen molar-refractivity contribution in [2.24, 2.45) is 0 Å². The van der Waals surface area contributed by atoms with E-state index < -0.39 is 23.3 Å². The molecule has 10 aromatic carbocycles. The normalized spacial score (nSPS) is 11.2. The molecule has 294 valence electrons. The van der Waals surface area contributed by atoms with E-state index in [9.17, 15) is 10.5 Å². The van der Waals surface area contributed by atoms with Crippen LogP contribution in [-0.2, 0) is 0 Å². The number of halogens is 4. The first-order valence-electron chi connectivity index (χ1n) is 19.7. The Morgan fingerprint density at radius 1 is 0.371 bits per heavy atom. The van der Waals surface area contributed by atoms with Gasteiger partial charge < -0.3 is 9.80 Å². The highest BCUT2D eigenvalue weighted by molar-refractivity contribution is 6.28. The van der Waals surface area contributed by atoms with E-state index in [1.165, 1.54) is 34.1 Å². The topological polar surface area (TPSA) is 54.1 Å². The van der Waals surface area contributed by atoms with Gasteiger partial charge in [-0.15, -0.1) is 0 Å². The van der Waals surface area contributed by atoms with Gasteiger partial charge in [0.05, 0.1) is 34.6 Å². The van der Waals surface area contributed by atoms with E-state index in [1.807, 2.05) is 60.7 Å². The summed E-state index contributed by atoms with van der Waals surface area (Å²) < 4.78 is 67.0. The van der Waals surface area contributed by atoms with E-state index in [-0.39, 0.29) is 22.5 Å². The highest BCUT2D eigenvalue weighted by Crippen LogP contribution is 2.50. The molecule has 62 heavy (non-hydrogen) atoms. The third-order valence-electron chi connectivity index (χ3n) is 11.4. The molecule has 0 unspecified atom stereocenters. The molecule has 4 nitrogen and oxygen atoms in total. The summed E-state index contributed by atoms with van der Waals surface area (Å²) in [5.74, 6) is -3.12. The van der Waals surface area contributed by atoms with Crippen molar-refractivity contribution in [1.82, 2.24) is 0 Å². The number of nitrogens with zero attached hydrogens (tertiary/aromatic N) is 4. The van der Waals surface area contributed by atoms with Gasteiger partial charge in [-0.1, -0.05) is 97.1 Å². The van der Waals surface area contributed by atoms with Crippen LogP contribution in [0.15, 0.2) is 182 Å². The van der Waals surface area contributed by atoms with Gasteiger partial charge >= 0.3 is 0 Å². The van der Waals surface area contributed by atoms with Crippen LogP contribution in [0.4, 0.5) is 51.7 Å². The number of anilines is 6. The molecule has 0 amide bonds. The van der Waals surface area contributed by atoms with Gasteiger partial charge in [-0.05, 0) is 118 Å². The molecular weight excluding hydrogens is 781 g/mol. The molecule has 0 heterocycles. The van der Waals surface area contributed by atoms with Crippen molar-refractivity contribution in [1.29, 1.82) is 10.5 Å². The molecule has 0 N–H and O–H groups in total. The maximum atomic E-state index is 17.1. The molecule has 0 radical (unpaired) electrons. The zero-order valence-electron chi connectivity index (χ0n) is 32.6. The number of hydrogen-bond donors (Lipinski definition) is 0. The minimum Gasteiger partial charge on any atom is -0.305 e. The van der Waals surface area contributed by atoms with Gasteiger partial charge in [-0.3, -0.25) is 0 Å². The average Bonchev–Trinajstić information content (AvgIpc) is 3.32. The molecule has 0 atom stereocenters. The summed E-state index contributed by atoms with van der Waals surface area (Å²) in [6.07, 6.45) is 0. The number of rotatable bonds is 8. The largest absolute Gasteiger partial charge is 0.305 e. The van der Waals surface area contributed by atoms with Crippen molar-refractivity contribution in [3.63, 3.8) is 0 Å². The third-order valence-corrected chi connectivity index (χ3v) is 11.4. The lowest BCUT2D eigenvalue weighted by Crippen LogP contribution is -2.15. The fraction of sp³-hybridized carbons (Fsp3) is 0. The summed E-state index contributed by atoms with van der Waals surface area (Å²) in [6, 6.07) is 55.5. The first kappa shape index (κ1) is 37.8. The van der Waals surface area contributed by atoms with E-state index in [1.54, 1.807) is 97.1 Å². The van der Waals surface area contributed by atoms with Gasteiger partial charge in [-0.2, -0.15) is 10.5 Å². The van der Waals surface area contributed by atoms with Crippen molar-refractivity contribution < 1.29 is 17.6 Å². The standard InChI is InChI=1S/C54H30F4N4/c55-45-27-25-41(35-7-3-1-4-8-35)51(57)53(45)61(39-19-11-33(31-59)12-20-39)47-29-17-37-16-24-44-48(30-18-38-15-23-43(47)49(37)50(38)44)62(40-21-13-34(32-60)14-22-40)54-46(56)28-26-42(52(54)58)36-9-5-2-6-10-36/h1-30H. The minimum atomic E-state index is -0.792. The van der Waals surface area contributed by atoms with Crippen LogP contribution >= 0.6 is 0 Å². The Bertz CT molecular complexity index is 3180. The maximum Gasteiger partial charge on any atom is 0.158 e. The zero-order chi connectivity index (χ0) is 42.5. The average molecular weight is 811 g/mol. The van der Waals surface area contributed by atoms with Crippen molar-refractivity contribution in [2.45, 2.75) is 0 Å². The molecule has 0 aliphatic carbocycles. The van der Waals surface area contributed by atoms with Gasteiger partial charge in [0.25, 0.3) is 0 Å². The van der Waals surface area contributed by atoms with E-state index >= 15 is 17.6 Å². The molecule has 0 saturated heterocycles. The third kappa shape index (κ3) is 6.22. The minimum absolute atomic E-state index is 0.210. The number of benzene rings is 10. The van der Waals surface area contributed by atoms with Gasteiger partial charge in [0.15, 0.2) is 11.6 Å². The molecule has 10 rings (SSSR count). The SMILES string of the molecule is N#Cc1ccc(N(c2c(F)ccc(-c3ccccc3)c2F)c2ccc3ccc4c(N(c5ccc(C#N)cc5)c5c(F)ccc(-c6ccccc6)c5F)ccc5ccc2c3c54)cc1. The monoisotopic (exact) mass is 810 g/mol. The summed E-state index contributed by atoms with van der Waals surface area (Å²) in [5, 5.41) is 23.7. The molecule has 8 heteroatoms. The summed E-state index contributed by atoms with van der Waals surface area (Å²) in [6.45, 7) is 0. The van der Waals surface area contributed by atoms with Crippen molar-refractivity contribution in [2.75, 3.05) is 9.80 Å². The van der Waals surface area contributed by atoms with Gasteiger partial charge in [0.2, 0.25) is 0 Å². The molecule has 0 spiro atoms. The van der Waals surface area contributed by atoms with Gasteiger partial charge in [0, 0.05) is 33.3 Å². The van der Waals surface area contributed by atoms with Crippen LogP contribution in [0.1, 0.15) is 11.1 Å². The molecule has 0 aliphatic heterocycles. The lowest BCUT2D eigenvalue weighted by Gasteiger charge is -2.30. The lowest BCUT2D eigenvalue weighted by molar-refractivity contribution is 0.587. The highest BCUT2D eigenvalue weighted by Gasteiger charge is 2.29. The molecular formula is C54H30F4N4. The second-order valence-corrected chi connectivity index (χ2v) is 14.8. The fourth-order valence-electron chi connectivity index (χ4n) is 8.48. The molecule has 0 saturated carbocycles. The quantitative estimate of drug-likeness (QED) is 0.113. The maximum absolute atomic E-state index is 17.1. The van der Waals surface area contributed by atoms with Crippen LogP contribution in [0, 0.1) is 45.9 Å². The Hall–Kier alpha value is -8.46. The lowest BCUT2D eigenvalue weighted by atomic mass is 9.91. The Balaban J connectivity index is 1.25. The van der Waals surface area contributed by atoms with E-state index in [2.05, 4.69) is 12.1 Å². The van der Waals surface area contributed by atoms with Crippen molar-refractivity contribution >= 4 is 66.4 Å². The molecule has 10 aromatic rings. The summed E-state index contributed by atoms with van der Waals surface area (Å²) in [4.78, 5) is 3.07. The van der Waals surface area contributed by atoms with Crippen molar-refractivity contribution in [3.05, 3.63) is 216 Å². The molecule has 0 aromatic heterocycles. The van der Waals surface area contributed by atoms with Crippen LogP contribution in [0.2, 0.25) is 0 Å². The summed E-state index contributed by atoms with van der Waals surface area (Å²) in [5.41, 5.74) is 3.47. The molecule has 0 fully saturated rings. The van der Waals surface area contributed by atoms with Crippen LogP contribution in [0.3, 0.4) is 0 Å². The van der Waals surface area contributed by atoms with Crippen LogP contribution in [0.5, 0.6) is 0 Å². The first-order chi connectivity index (χ1) is 30.3. The fourth-order valence-corrected chi connectivity index (χ4v) is 8.48. The predicted molar refractivity (Wildman–Crippen MR) is 240 cm³/mol. The van der Waals surface area contributed by atoms with Crippen LogP contribution in [0.25, 0.3) is 54.6 Å². The van der Waals surface area contributed by atoms with Crippen molar-refractivity contribution in [3.8, 4) is 34.4 Å². The predicted octanol–water partition coefficient (Wildman–Crippen LogP) is 15.2. The van der Waals surface area contributed by atoms with Gasteiger partial charge in [-0.25, -0.2) is 17.6 Å². The van der Waals surface area contributed by atoms with E-state index in [0.29, 0.717) is 55.8 Å². The Morgan fingerprint density at radius 3 is 1.11 bits per heavy atom. The van der Waals surface area contributed by atoms with Crippen LogP contribution < -0.4 is 9.80 Å². The summed E-state index contributed by atoms with van der Waals surface area (Å²) >= 11 is 0. The Kier molecular flexibility index (Phi) is 9.32. The Morgan fingerprint density at radius 2 is 0.742 bits per heavy atom. The highest BCUT2D eigenvalue weighted by atomic mass is 19.1. The van der Waals surface area contributed by atoms with Crippen LogP contribution in [-0.4, -0.2) is 0 Å². The van der Waals surface area contributed by atoms with Gasteiger partial charge in [0.1, 0.15) is 23.0 Å². The van der Waals surface area contributed by atoms with E-state index in [0.717, 1.165) is 21.5 Å².